The van der Waals surface area contributed by atoms with Crippen LogP contribution < -0.4 is 11.1 Å². The number of nitrogens with one attached hydrogen (secondary N) is 1. The van der Waals surface area contributed by atoms with Crippen LogP contribution in [0.4, 0.5) is 0 Å². The van der Waals surface area contributed by atoms with E-state index in [1.54, 1.807) is 48.5 Å². The molecule has 0 aromatic rings. The van der Waals surface area contributed by atoms with Crippen LogP contribution in [0.2, 0.25) is 0 Å². The summed E-state index contributed by atoms with van der Waals surface area (Å²) >= 11 is 0. The van der Waals surface area contributed by atoms with Gasteiger partial charge in [0.15, 0.2) is 5.92 Å². The van der Waals surface area contributed by atoms with E-state index in [1.165, 1.54) is 19.3 Å². The second-order valence-corrected chi connectivity index (χ2v) is 21.3. The van der Waals surface area contributed by atoms with Gasteiger partial charge < -0.3 is 49.3 Å². The molecule has 1 heterocycles. The highest BCUT2D eigenvalue weighted by atomic mass is 16.6. The molecule has 21 nitrogen and oxygen atoms in total. The van der Waals surface area contributed by atoms with Gasteiger partial charge in [0.1, 0.15) is 23.7 Å². The lowest BCUT2D eigenvalue weighted by Gasteiger charge is -2.35. The summed E-state index contributed by atoms with van der Waals surface area (Å²) in [6, 6.07) is 2.19. The predicted molar refractivity (Wildman–Crippen MR) is 303 cm³/mol. The highest BCUT2D eigenvalue weighted by molar-refractivity contribution is 6.14. The van der Waals surface area contributed by atoms with Crippen molar-refractivity contribution < 1.29 is 86.2 Å². The standard InChI is InChI=1S/C14H21NO4.C13H20O4.C12H19NO3.C9H17NO2.C7H12O4.C6H10O/c1-3-18-12(16)11(13(17)19-4-2)14(10-15)8-6-5-7-9-14;1-3-16-12(14)11(13(15)17-4-2)10-8-6-5-7-9-10;1-2-16-11(15)9-10(14)13-8-12(9)6-4-3-5-7-12;10-7-9(6-8(11)12)4-2-1-3-5-9;1-3-10-6(8)5-7(9)11-4-2;7-6-4-2-1-3-5-6/h11H,3-9H2,1-2H3;3-9H2,1-2H3;9H,2-8H2,1H3,(H,13,14);1-7,10H2,(H,11,12);3-5H2,1-2H3;1-5H2. The van der Waals surface area contributed by atoms with Crippen LogP contribution in [0.1, 0.15) is 222 Å². The van der Waals surface area contributed by atoms with E-state index in [-0.39, 0.29) is 80.8 Å². The third-order valence-electron chi connectivity index (χ3n) is 15.4. The number of ketones is 1. The van der Waals surface area contributed by atoms with Crippen LogP contribution in [-0.4, -0.2) is 124 Å². The largest absolute Gasteiger partial charge is 0.481 e. The summed E-state index contributed by atoms with van der Waals surface area (Å²) < 4.78 is 33.8. The van der Waals surface area contributed by atoms with Gasteiger partial charge in [-0.2, -0.15) is 5.26 Å². The molecule has 0 radical (unpaired) electrons. The number of nitrogens with zero attached hydrogens (tertiary/aromatic N) is 1. The summed E-state index contributed by atoms with van der Waals surface area (Å²) in [5.74, 6) is -5.81. The molecule has 466 valence electrons. The molecular weight excluding hydrogens is 1060 g/mol. The summed E-state index contributed by atoms with van der Waals surface area (Å²) in [7, 11) is 0. The fourth-order valence-electron chi connectivity index (χ4n) is 11.3. The fraction of sp³-hybridized carbons (Fsp3) is 0.787. The fourth-order valence-corrected chi connectivity index (χ4v) is 11.3. The van der Waals surface area contributed by atoms with Gasteiger partial charge in [0.2, 0.25) is 5.91 Å². The highest BCUT2D eigenvalue weighted by Crippen LogP contribution is 2.46. The Morgan fingerprint density at radius 2 is 0.963 bits per heavy atom. The molecule has 0 bridgehead atoms. The third-order valence-corrected chi connectivity index (χ3v) is 15.4. The summed E-state index contributed by atoms with van der Waals surface area (Å²) in [6.45, 7) is 15.0. The first-order chi connectivity index (χ1) is 39.3. The maximum atomic E-state index is 12.0. The Morgan fingerprint density at radius 1 is 0.561 bits per heavy atom. The molecule has 1 amide bonds. The molecule has 1 aliphatic heterocycles. The van der Waals surface area contributed by atoms with Gasteiger partial charge >= 0.3 is 47.8 Å². The number of nitrogens with two attached hydrogens (primary N) is 1. The van der Waals surface area contributed by atoms with E-state index in [0.717, 1.165) is 134 Å². The van der Waals surface area contributed by atoms with Crippen molar-refractivity contribution in [2.75, 3.05) is 59.3 Å². The molecule has 6 aliphatic rings. The molecule has 1 unspecified atom stereocenters. The number of carboxylic acid groups (broad SMARTS) is 1. The maximum absolute atomic E-state index is 12.0. The normalized spacial score (nSPS) is 19.0. The Labute approximate surface area is 486 Å². The number of hydrogen-bond acceptors (Lipinski definition) is 19. The number of Topliss-reactive ketones (excluding diaryl/α,β-unsaturated/α-hetero) is 1. The van der Waals surface area contributed by atoms with Crippen LogP contribution in [0.5, 0.6) is 0 Å². The maximum Gasteiger partial charge on any atom is 0.345 e. The van der Waals surface area contributed by atoms with Crippen molar-refractivity contribution in [3.63, 3.8) is 0 Å². The minimum Gasteiger partial charge on any atom is -0.481 e. The molecule has 21 heteroatoms. The van der Waals surface area contributed by atoms with E-state index in [2.05, 4.69) is 20.9 Å². The Bertz CT molecular complexity index is 2010. The zero-order chi connectivity index (χ0) is 61.4. The van der Waals surface area contributed by atoms with Crippen molar-refractivity contribution >= 4 is 59.4 Å². The Kier molecular flexibility index (Phi) is 37.9. The minimum atomic E-state index is -1.11. The number of ether oxygens (including phenoxy) is 7. The number of hydrogen-bond donors (Lipinski definition) is 3. The van der Waals surface area contributed by atoms with Gasteiger partial charge in [-0.15, -0.1) is 0 Å². The first kappa shape index (κ1) is 74.1. The first-order valence-electron chi connectivity index (χ1n) is 30.3. The lowest BCUT2D eigenvalue weighted by atomic mass is 9.66. The zero-order valence-electron chi connectivity index (χ0n) is 50.5. The number of allylic oxidation sites excluding steroid dienone is 1. The molecular formula is C61H99N3O18. The molecule has 0 aromatic heterocycles. The number of nitriles is 1. The van der Waals surface area contributed by atoms with Crippen LogP contribution in [0.15, 0.2) is 11.1 Å². The van der Waals surface area contributed by atoms with E-state index in [4.69, 9.17) is 34.5 Å². The molecule has 6 rings (SSSR count). The summed E-state index contributed by atoms with van der Waals surface area (Å²) in [6.07, 6.45) is 24.7. The quantitative estimate of drug-likeness (QED) is 0.0378. The molecule has 6 fully saturated rings. The number of aliphatic carboxylic acids is 1. The van der Waals surface area contributed by atoms with Gasteiger partial charge in [0, 0.05) is 24.8 Å². The van der Waals surface area contributed by atoms with Gasteiger partial charge in [-0.05, 0) is 143 Å². The van der Waals surface area contributed by atoms with Crippen LogP contribution in [0, 0.1) is 39.4 Å². The van der Waals surface area contributed by atoms with E-state index in [9.17, 15) is 53.2 Å². The van der Waals surface area contributed by atoms with Gasteiger partial charge in [0.25, 0.3) is 0 Å². The minimum absolute atomic E-state index is 0.0793. The van der Waals surface area contributed by atoms with Crippen molar-refractivity contribution in [2.45, 2.75) is 222 Å². The number of rotatable bonds is 18. The zero-order valence-corrected chi connectivity index (χ0v) is 50.5. The second kappa shape index (κ2) is 42.0. The van der Waals surface area contributed by atoms with Gasteiger partial charge in [-0.3, -0.25) is 38.4 Å². The summed E-state index contributed by atoms with van der Waals surface area (Å²) in [5, 5.41) is 21.0. The molecule has 1 spiro atoms. The third kappa shape index (κ3) is 26.6. The van der Waals surface area contributed by atoms with Crippen LogP contribution in [-0.2, 0) is 81.1 Å². The molecule has 1 atom stereocenters. The number of carboxylic acids is 1. The average molecular weight is 1160 g/mol. The van der Waals surface area contributed by atoms with E-state index in [1.807, 2.05) is 0 Å². The molecule has 5 saturated carbocycles. The van der Waals surface area contributed by atoms with E-state index in [0.29, 0.717) is 38.3 Å². The molecule has 1 saturated heterocycles. The van der Waals surface area contributed by atoms with Crippen molar-refractivity contribution in [3.05, 3.63) is 11.1 Å². The van der Waals surface area contributed by atoms with Crippen LogP contribution in [0.3, 0.4) is 0 Å². The van der Waals surface area contributed by atoms with Gasteiger partial charge in [-0.1, -0.05) is 70.6 Å². The number of amides is 1. The van der Waals surface area contributed by atoms with Crippen molar-refractivity contribution in [1.82, 2.24) is 5.32 Å². The molecule has 0 aromatic carbocycles. The Hall–Kier alpha value is -5.91. The lowest BCUT2D eigenvalue weighted by Crippen LogP contribution is -2.43. The van der Waals surface area contributed by atoms with E-state index >= 15 is 0 Å². The van der Waals surface area contributed by atoms with Crippen molar-refractivity contribution in [3.8, 4) is 6.07 Å². The monoisotopic (exact) mass is 1160 g/mol. The number of carbonyl (C=O) groups is 10. The molecule has 5 aliphatic carbocycles. The summed E-state index contributed by atoms with van der Waals surface area (Å²) in [5.41, 5.74) is 5.46. The van der Waals surface area contributed by atoms with Crippen LogP contribution in [0.25, 0.3) is 0 Å². The smallest absolute Gasteiger partial charge is 0.345 e. The molecule has 4 N–H and O–H groups in total. The Balaban J connectivity index is 0.000000503. The topological polar surface area (TPSA) is 317 Å². The van der Waals surface area contributed by atoms with Gasteiger partial charge in [-0.25, -0.2) is 9.59 Å². The average Bonchev–Trinajstić information content (AvgIpc) is 4.01. The van der Waals surface area contributed by atoms with Gasteiger partial charge in [0.05, 0.1) is 64.2 Å². The number of esters is 7. The summed E-state index contributed by atoms with van der Waals surface area (Å²) in [4.78, 5) is 114. The second-order valence-electron chi connectivity index (χ2n) is 21.3. The number of carbonyl (C=O) groups excluding carboxylic acids is 9. The van der Waals surface area contributed by atoms with Crippen molar-refractivity contribution in [1.29, 1.82) is 5.26 Å². The SMILES string of the molecule is CCOC(=O)C(C(=O)OCC)=C1CCCCC1.CCOC(=O)C(C(=O)OCC)C1(C#N)CCCCC1.CCOC(=O)C1C(=O)NCC12CCCCC2.CCOC(=O)CC(=O)OCC.NCC1(CC(=O)O)CCCCC1.O=C1CCCCC1. The highest BCUT2D eigenvalue weighted by Gasteiger charge is 2.53. The molecule has 82 heavy (non-hydrogen) atoms. The predicted octanol–water partition coefficient (Wildman–Crippen LogP) is 9.21. The lowest BCUT2D eigenvalue weighted by molar-refractivity contribution is -0.168. The van der Waals surface area contributed by atoms with Crippen molar-refractivity contribution in [2.24, 2.45) is 33.8 Å². The van der Waals surface area contributed by atoms with Crippen LogP contribution >= 0.6 is 0 Å². The Morgan fingerprint density at radius 3 is 1.34 bits per heavy atom. The van der Waals surface area contributed by atoms with E-state index < -0.39 is 59.0 Å². The first-order valence-corrected chi connectivity index (χ1v) is 30.3.